The van der Waals surface area contributed by atoms with Crippen molar-refractivity contribution in [2.75, 3.05) is 13.1 Å². The summed E-state index contributed by atoms with van der Waals surface area (Å²) in [6, 6.07) is -0.155. The molecule has 0 bridgehead atoms. The minimum Gasteiger partial charge on any atom is -0.388 e. The molecule has 2 amide bonds. The normalized spacial score (nSPS) is 17.3. The van der Waals surface area contributed by atoms with Crippen molar-refractivity contribution in [1.82, 2.24) is 10.6 Å². The van der Waals surface area contributed by atoms with Gasteiger partial charge in [0.15, 0.2) is 0 Å². The lowest BCUT2D eigenvalue weighted by molar-refractivity contribution is 0.0349. The molecule has 1 aliphatic carbocycles. The van der Waals surface area contributed by atoms with Crippen LogP contribution in [0.1, 0.15) is 59.3 Å². The number of urea groups is 1. The molecule has 0 atom stereocenters. The summed E-state index contributed by atoms with van der Waals surface area (Å²) in [5.74, 6) is 0. The Morgan fingerprint density at radius 1 is 1.22 bits per heavy atom. The van der Waals surface area contributed by atoms with Gasteiger partial charge in [0.2, 0.25) is 0 Å². The van der Waals surface area contributed by atoms with Gasteiger partial charge in [0.1, 0.15) is 0 Å². The zero-order chi connectivity index (χ0) is 13.6. The lowest BCUT2D eigenvalue weighted by Crippen LogP contribution is -2.46. The number of nitrogens with one attached hydrogen (secondary N) is 2. The molecule has 0 unspecified atom stereocenters. The van der Waals surface area contributed by atoms with Crippen molar-refractivity contribution in [2.45, 2.75) is 64.9 Å². The molecule has 0 aromatic rings. The van der Waals surface area contributed by atoms with Gasteiger partial charge in [0, 0.05) is 13.1 Å². The summed E-state index contributed by atoms with van der Waals surface area (Å²) in [6.07, 6.45) is 6.15. The number of hydrogen-bond acceptors (Lipinski definition) is 2. The summed E-state index contributed by atoms with van der Waals surface area (Å²) < 4.78 is 0. The second-order valence-corrected chi connectivity index (χ2v) is 5.72. The molecule has 1 rings (SSSR count). The van der Waals surface area contributed by atoms with E-state index in [1.807, 2.05) is 13.8 Å². The average Bonchev–Trinajstić information content (AvgIpc) is 3.14. The Morgan fingerprint density at radius 2 is 1.83 bits per heavy atom. The van der Waals surface area contributed by atoms with Crippen molar-refractivity contribution >= 4 is 6.03 Å². The molecule has 0 heterocycles. The third kappa shape index (κ3) is 4.48. The molecule has 0 aliphatic heterocycles. The number of carbonyl (C=O) groups is 1. The number of carbonyl (C=O) groups excluding carboxylic acids is 1. The second kappa shape index (κ2) is 6.41. The molecule has 4 heteroatoms. The fourth-order valence-electron chi connectivity index (χ4n) is 2.30. The largest absolute Gasteiger partial charge is 0.388 e. The first-order chi connectivity index (χ1) is 8.49. The summed E-state index contributed by atoms with van der Waals surface area (Å²) in [4.78, 5) is 11.7. The Morgan fingerprint density at radius 3 is 2.28 bits per heavy atom. The fourth-order valence-corrected chi connectivity index (χ4v) is 2.30. The SMILES string of the molecule is CCCC1(CNC(=O)NCC(O)(CC)CC)CC1. The maximum atomic E-state index is 11.7. The highest BCUT2D eigenvalue weighted by Crippen LogP contribution is 2.48. The van der Waals surface area contributed by atoms with Gasteiger partial charge in [-0.2, -0.15) is 0 Å². The van der Waals surface area contributed by atoms with Gasteiger partial charge in [-0.3, -0.25) is 0 Å². The Balaban J connectivity index is 2.22. The van der Waals surface area contributed by atoms with Crippen LogP contribution in [0.3, 0.4) is 0 Å². The van der Waals surface area contributed by atoms with Crippen LogP contribution in [0, 0.1) is 5.41 Å². The molecule has 1 aliphatic rings. The van der Waals surface area contributed by atoms with E-state index in [0.29, 0.717) is 24.8 Å². The van der Waals surface area contributed by atoms with Gasteiger partial charge < -0.3 is 15.7 Å². The van der Waals surface area contributed by atoms with E-state index in [1.54, 1.807) is 0 Å². The molecule has 106 valence electrons. The zero-order valence-corrected chi connectivity index (χ0v) is 12.0. The Bertz CT molecular complexity index is 271. The van der Waals surface area contributed by atoms with E-state index in [0.717, 1.165) is 6.54 Å². The highest BCUT2D eigenvalue weighted by molar-refractivity contribution is 5.74. The third-order valence-corrected chi connectivity index (χ3v) is 4.26. The van der Waals surface area contributed by atoms with Gasteiger partial charge in [-0.05, 0) is 37.5 Å². The van der Waals surface area contributed by atoms with Gasteiger partial charge in [-0.1, -0.05) is 27.2 Å². The standard InChI is InChI=1S/C14H28N2O2/c1-4-7-13(8-9-13)10-15-12(17)16-11-14(18,5-2)6-3/h18H,4-11H2,1-3H3,(H2,15,16,17). The van der Waals surface area contributed by atoms with Crippen LogP contribution in [0.4, 0.5) is 4.79 Å². The highest BCUT2D eigenvalue weighted by atomic mass is 16.3. The maximum Gasteiger partial charge on any atom is 0.314 e. The van der Waals surface area contributed by atoms with Gasteiger partial charge >= 0.3 is 6.03 Å². The van der Waals surface area contributed by atoms with Crippen molar-refractivity contribution < 1.29 is 9.90 Å². The van der Waals surface area contributed by atoms with Gasteiger partial charge in [0.25, 0.3) is 0 Å². The van der Waals surface area contributed by atoms with Crippen molar-refractivity contribution in [2.24, 2.45) is 5.41 Å². The number of rotatable bonds is 8. The van der Waals surface area contributed by atoms with Crippen molar-refractivity contribution in [3.8, 4) is 0 Å². The number of aliphatic hydroxyl groups is 1. The Hall–Kier alpha value is -0.770. The predicted molar refractivity (Wildman–Crippen MR) is 73.5 cm³/mol. The lowest BCUT2D eigenvalue weighted by atomic mass is 9.98. The van der Waals surface area contributed by atoms with E-state index < -0.39 is 5.60 Å². The highest BCUT2D eigenvalue weighted by Gasteiger charge is 2.41. The van der Waals surface area contributed by atoms with Gasteiger partial charge in [-0.15, -0.1) is 0 Å². The van der Waals surface area contributed by atoms with Crippen LogP contribution in [0.2, 0.25) is 0 Å². The van der Waals surface area contributed by atoms with Gasteiger partial charge in [-0.25, -0.2) is 4.79 Å². The Kier molecular flexibility index (Phi) is 5.45. The molecule has 0 spiro atoms. The topological polar surface area (TPSA) is 61.4 Å². The maximum absolute atomic E-state index is 11.7. The first-order valence-corrected chi connectivity index (χ1v) is 7.23. The summed E-state index contributed by atoms with van der Waals surface area (Å²) in [5.41, 5.74) is -0.393. The first kappa shape index (κ1) is 15.3. The van der Waals surface area contributed by atoms with E-state index in [-0.39, 0.29) is 6.03 Å². The van der Waals surface area contributed by atoms with Crippen LogP contribution in [0.5, 0.6) is 0 Å². The average molecular weight is 256 g/mol. The molecular weight excluding hydrogens is 228 g/mol. The molecule has 0 saturated heterocycles. The molecule has 4 nitrogen and oxygen atoms in total. The van der Waals surface area contributed by atoms with Crippen LogP contribution in [0.25, 0.3) is 0 Å². The fraction of sp³-hybridized carbons (Fsp3) is 0.929. The van der Waals surface area contributed by atoms with Crippen LogP contribution < -0.4 is 10.6 Å². The zero-order valence-electron chi connectivity index (χ0n) is 12.0. The minimum atomic E-state index is -0.766. The monoisotopic (exact) mass is 256 g/mol. The van der Waals surface area contributed by atoms with Crippen LogP contribution in [-0.2, 0) is 0 Å². The molecular formula is C14H28N2O2. The number of hydrogen-bond donors (Lipinski definition) is 3. The molecule has 3 N–H and O–H groups in total. The van der Waals surface area contributed by atoms with E-state index in [1.165, 1.54) is 25.7 Å². The predicted octanol–water partition coefficient (Wildman–Crippen LogP) is 2.42. The van der Waals surface area contributed by atoms with Crippen LogP contribution in [-0.4, -0.2) is 29.8 Å². The molecule has 1 fully saturated rings. The Labute approximate surface area is 111 Å². The van der Waals surface area contributed by atoms with E-state index in [4.69, 9.17) is 0 Å². The molecule has 0 aromatic heterocycles. The van der Waals surface area contributed by atoms with Crippen molar-refractivity contribution in [3.05, 3.63) is 0 Å². The molecule has 0 radical (unpaired) electrons. The summed E-state index contributed by atoms with van der Waals surface area (Å²) >= 11 is 0. The van der Waals surface area contributed by atoms with Crippen LogP contribution in [0.15, 0.2) is 0 Å². The lowest BCUT2D eigenvalue weighted by Gasteiger charge is -2.25. The smallest absolute Gasteiger partial charge is 0.314 e. The summed E-state index contributed by atoms with van der Waals surface area (Å²) in [5, 5.41) is 15.8. The van der Waals surface area contributed by atoms with Crippen molar-refractivity contribution in [1.29, 1.82) is 0 Å². The summed E-state index contributed by atoms with van der Waals surface area (Å²) in [6.45, 7) is 7.14. The minimum absolute atomic E-state index is 0.155. The van der Waals surface area contributed by atoms with E-state index in [9.17, 15) is 9.90 Å². The number of amides is 2. The van der Waals surface area contributed by atoms with Crippen molar-refractivity contribution in [3.63, 3.8) is 0 Å². The molecule has 0 aromatic carbocycles. The van der Waals surface area contributed by atoms with Crippen LogP contribution >= 0.6 is 0 Å². The van der Waals surface area contributed by atoms with E-state index in [2.05, 4.69) is 17.6 Å². The molecule has 18 heavy (non-hydrogen) atoms. The third-order valence-electron chi connectivity index (χ3n) is 4.26. The second-order valence-electron chi connectivity index (χ2n) is 5.72. The molecule has 1 saturated carbocycles. The first-order valence-electron chi connectivity index (χ1n) is 7.23. The van der Waals surface area contributed by atoms with Gasteiger partial charge in [0.05, 0.1) is 5.60 Å². The van der Waals surface area contributed by atoms with E-state index >= 15 is 0 Å². The quantitative estimate of drug-likeness (QED) is 0.624. The summed E-state index contributed by atoms with van der Waals surface area (Å²) in [7, 11) is 0.